The number of benzene rings is 2. The van der Waals surface area contributed by atoms with Gasteiger partial charge in [0.25, 0.3) is 0 Å². The Kier molecular flexibility index (Phi) is 7.94. The number of carbonyl (C=O) groups excluding carboxylic acids is 4. The molecule has 0 saturated carbocycles. The summed E-state index contributed by atoms with van der Waals surface area (Å²) in [4.78, 5) is 52.6. The molecule has 2 aliphatic carbocycles. The lowest BCUT2D eigenvalue weighted by atomic mass is 9.50. The van der Waals surface area contributed by atoms with Gasteiger partial charge in [-0.2, -0.15) is 0 Å². The number of aliphatic hydroxyl groups is 1. The predicted molar refractivity (Wildman–Crippen MR) is 158 cm³/mol. The van der Waals surface area contributed by atoms with Gasteiger partial charge < -0.3 is 33.7 Å². The van der Waals surface area contributed by atoms with Crippen molar-refractivity contribution < 1.29 is 48.0 Å². The van der Waals surface area contributed by atoms with Gasteiger partial charge in [0.2, 0.25) is 6.10 Å². The third-order valence-electron chi connectivity index (χ3n) is 9.75. The molecule has 45 heavy (non-hydrogen) atoms. The van der Waals surface area contributed by atoms with Crippen LogP contribution in [0.3, 0.4) is 0 Å². The molecule has 0 aromatic heterocycles. The van der Waals surface area contributed by atoms with Gasteiger partial charge in [-0.1, -0.05) is 36.4 Å². The van der Waals surface area contributed by atoms with Crippen molar-refractivity contribution >= 4 is 23.7 Å². The van der Waals surface area contributed by atoms with E-state index in [-0.39, 0.29) is 36.8 Å². The summed E-state index contributed by atoms with van der Waals surface area (Å²) in [6.45, 7) is 3.45. The van der Waals surface area contributed by atoms with Crippen molar-refractivity contribution in [3.05, 3.63) is 71.0 Å². The van der Waals surface area contributed by atoms with Crippen molar-refractivity contribution in [3.63, 3.8) is 0 Å². The second-order valence-electron chi connectivity index (χ2n) is 12.2. The second-order valence-corrected chi connectivity index (χ2v) is 12.2. The molecule has 2 aromatic rings. The molecular weight excluding hydrogens is 582 g/mol. The molecule has 0 unspecified atom stereocenters. The fraction of sp³-hybridized carbons (Fsp3) is 0.471. The zero-order valence-electron chi connectivity index (χ0n) is 25.7. The molecule has 1 saturated heterocycles. The first-order chi connectivity index (χ1) is 21.5. The maximum atomic E-state index is 13.1. The number of likely N-dealkylation sites (tertiary alicyclic amines) is 1. The van der Waals surface area contributed by atoms with Crippen LogP contribution in [0.2, 0.25) is 0 Å². The molecule has 2 bridgehead atoms. The summed E-state index contributed by atoms with van der Waals surface area (Å²) < 4.78 is 28.6. The van der Waals surface area contributed by atoms with Gasteiger partial charge in [0, 0.05) is 23.6 Å². The summed E-state index contributed by atoms with van der Waals surface area (Å²) in [7, 11) is 3.58. The van der Waals surface area contributed by atoms with Crippen LogP contribution in [0.5, 0.6) is 11.5 Å². The van der Waals surface area contributed by atoms with Gasteiger partial charge in [0.05, 0.1) is 31.0 Å². The largest absolute Gasteiger partial charge is 0.493 e. The Bertz CT molecular complexity index is 1570. The van der Waals surface area contributed by atoms with E-state index in [0.717, 1.165) is 17.7 Å². The normalized spacial score (nSPS) is 27.2. The Balaban J connectivity index is 1.17. The van der Waals surface area contributed by atoms with Crippen molar-refractivity contribution in [1.29, 1.82) is 0 Å². The molecule has 238 valence electrons. The number of nitrogens with zero attached hydrogens (tertiary/aromatic N) is 1. The molecule has 2 aliphatic heterocycles. The van der Waals surface area contributed by atoms with Gasteiger partial charge in [0.15, 0.2) is 29.5 Å². The van der Waals surface area contributed by atoms with E-state index in [1.807, 2.05) is 19.2 Å². The van der Waals surface area contributed by atoms with Crippen molar-refractivity contribution in [2.75, 3.05) is 20.7 Å². The average molecular weight is 620 g/mol. The molecule has 2 aromatic carbocycles. The highest BCUT2D eigenvalue weighted by molar-refractivity contribution is 5.86. The third kappa shape index (κ3) is 4.98. The number of hydrogen-bond acceptors (Lipinski definition) is 11. The van der Waals surface area contributed by atoms with Crippen LogP contribution in [0, 0.1) is 0 Å². The van der Waals surface area contributed by atoms with E-state index in [1.54, 1.807) is 43.5 Å². The second kappa shape index (κ2) is 11.6. The van der Waals surface area contributed by atoms with Gasteiger partial charge in [-0.15, -0.1) is 0 Å². The number of ketones is 1. The number of carbonyl (C=O) groups is 4. The fourth-order valence-electron chi connectivity index (χ4n) is 7.36. The summed E-state index contributed by atoms with van der Waals surface area (Å²) in [5, 5.41) is 12.3. The average Bonchev–Trinajstić information content (AvgIpc) is 3.38. The molecule has 1 spiro atoms. The number of piperidine rings is 1. The van der Waals surface area contributed by atoms with Gasteiger partial charge >= 0.3 is 17.9 Å². The minimum atomic E-state index is -1.41. The van der Waals surface area contributed by atoms with Crippen molar-refractivity contribution in [2.45, 2.75) is 81.3 Å². The zero-order chi connectivity index (χ0) is 32.1. The highest BCUT2D eigenvalue weighted by Gasteiger charge is 2.72. The van der Waals surface area contributed by atoms with Crippen LogP contribution < -0.4 is 9.47 Å². The standard InChI is InChI=1S/C34H37NO10/c1-19(36)20(2)42-32(39)29(21-8-6-5-7-9-21)44-27(38)13-12-26(37)43-24-14-15-34(40)25-18-22-10-11-23(41-4)30-28(22)33(34,31(24)45-30)16-17-35(25)3/h5-11,14,20,25,29,31,40H,12-13,15-18H2,1-4H3/t20-,25+,29-,31-,33-,34+/m0/s1. The van der Waals surface area contributed by atoms with E-state index in [9.17, 15) is 24.3 Å². The molecule has 2 heterocycles. The number of ether oxygens (including phenoxy) is 5. The lowest BCUT2D eigenvalue weighted by molar-refractivity contribution is -0.174. The lowest BCUT2D eigenvalue weighted by Crippen LogP contribution is -2.74. The molecule has 11 nitrogen and oxygen atoms in total. The van der Waals surface area contributed by atoms with Crippen LogP contribution in [-0.2, 0) is 45.2 Å². The first-order valence-corrected chi connectivity index (χ1v) is 15.2. The van der Waals surface area contributed by atoms with Crippen molar-refractivity contribution in [2.24, 2.45) is 0 Å². The summed E-state index contributed by atoms with van der Waals surface area (Å²) in [5.74, 6) is -1.35. The summed E-state index contributed by atoms with van der Waals surface area (Å²) in [6, 6.07) is 12.0. The molecule has 0 radical (unpaired) electrons. The Morgan fingerprint density at radius 3 is 2.51 bits per heavy atom. The van der Waals surface area contributed by atoms with E-state index < -0.39 is 47.2 Å². The maximum Gasteiger partial charge on any atom is 0.352 e. The highest BCUT2D eigenvalue weighted by atomic mass is 16.6. The minimum absolute atomic E-state index is 0.143. The number of esters is 3. The van der Waals surface area contributed by atoms with Gasteiger partial charge in [-0.3, -0.25) is 14.4 Å². The van der Waals surface area contributed by atoms with Crippen molar-refractivity contribution in [1.82, 2.24) is 4.90 Å². The summed E-state index contributed by atoms with van der Waals surface area (Å²) in [6.07, 6.45) is -0.634. The number of hydrogen-bond donors (Lipinski definition) is 1. The Hall–Kier alpha value is -4.22. The molecular formula is C34H37NO10. The molecule has 1 N–H and O–H groups in total. The first-order valence-electron chi connectivity index (χ1n) is 15.2. The predicted octanol–water partition coefficient (Wildman–Crippen LogP) is 3.10. The lowest BCUT2D eigenvalue weighted by Gasteiger charge is -2.61. The molecule has 4 aliphatic rings. The van der Waals surface area contributed by atoms with E-state index in [2.05, 4.69) is 4.90 Å². The number of rotatable bonds is 10. The van der Waals surface area contributed by atoms with Crippen LogP contribution in [-0.4, -0.2) is 78.3 Å². The van der Waals surface area contributed by atoms with Crippen LogP contribution >= 0.6 is 0 Å². The van der Waals surface area contributed by atoms with E-state index in [4.69, 9.17) is 23.7 Å². The SMILES string of the molecule is COc1ccc2c3c1O[C@H]1C(OC(=O)CCC(=O)O[C@H](C(=O)O[C@@H](C)C(C)=O)c4ccccc4)=CC[C@@]4(O)[C@@H](C2)N(C)CC[C@]314. The third-order valence-corrected chi connectivity index (χ3v) is 9.75. The fourth-order valence-corrected chi connectivity index (χ4v) is 7.36. The van der Waals surface area contributed by atoms with Crippen LogP contribution in [0.4, 0.5) is 0 Å². The Labute approximate surface area is 261 Å². The van der Waals surface area contributed by atoms with Crippen LogP contribution in [0.15, 0.2) is 54.3 Å². The summed E-state index contributed by atoms with van der Waals surface area (Å²) in [5.41, 5.74) is 0.391. The molecule has 6 atom stereocenters. The minimum Gasteiger partial charge on any atom is -0.493 e. The molecule has 6 rings (SSSR count). The number of likely N-dealkylation sites (N-methyl/N-ethyl adjacent to an activating group) is 1. The van der Waals surface area contributed by atoms with Crippen LogP contribution in [0.1, 0.15) is 62.3 Å². The Morgan fingerprint density at radius 2 is 1.80 bits per heavy atom. The highest BCUT2D eigenvalue weighted by Crippen LogP contribution is 2.65. The van der Waals surface area contributed by atoms with E-state index in [0.29, 0.717) is 29.9 Å². The number of Topliss-reactive ketones (excluding diaryl/α,β-unsaturated/α-hetero) is 1. The molecule has 0 amide bonds. The first kappa shape index (κ1) is 30.8. The van der Waals surface area contributed by atoms with Gasteiger partial charge in [-0.05, 0) is 58.0 Å². The van der Waals surface area contributed by atoms with E-state index >= 15 is 0 Å². The van der Waals surface area contributed by atoms with Gasteiger partial charge in [0.1, 0.15) is 5.76 Å². The molecule has 1 fully saturated rings. The van der Waals surface area contributed by atoms with Gasteiger partial charge in [-0.25, -0.2) is 4.79 Å². The Morgan fingerprint density at radius 1 is 1.07 bits per heavy atom. The quantitative estimate of drug-likeness (QED) is 0.310. The smallest absolute Gasteiger partial charge is 0.352 e. The topological polar surface area (TPSA) is 138 Å². The maximum absolute atomic E-state index is 13.1. The molecule has 11 heteroatoms. The zero-order valence-corrected chi connectivity index (χ0v) is 25.7. The van der Waals surface area contributed by atoms with Crippen LogP contribution in [0.25, 0.3) is 0 Å². The van der Waals surface area contributed by atoms with E-state index in [1.165, 1.54) is 13.8 Å². The summed E-state index contributed by atoms with van der Waals surface area (Å²) >= 11 is 0. The monoisotopic (exact) mass is 619 g/mol. The number of methoxy groups -OCH3 is 1. The van der Waals surface area contributed by atoms with Crippen molar-refractivity contribution in [3.8, 4) is 11.5 Å².